The molecule has 2 amide bonds. The zero-order valence-electron chi connectivity index (χ0n) is 11.7. The van der Waals surface area contributed by atoms with Gasteiger partial charge in [-0.15, -0.1) is 0 Å². The molecule has 0 saturated carbocycles. The Labute approximate surface area is 114 Å². The summed E-state index contributed by atoms with van der Waals surface area (Å²) in [6, 6.07) is 6.77. The first kappa shape index (κ1) is 15.3. The molecule has 0 heterocycles. The van der Waals surface area contributed by atoms with E-state index in [9.17, 15) is 9.90 Å². The molecule has 0 saturated heterocycles. The normalized spacial score (nSPS) is 13.5. The minimum Gasteiger partial charge on any atom is -0.497 e. The average molecular weight is 266 g/mol. The Kier molecular flexibility index (Phi) is 5.63. The van der Waals surface area contributed by atoms with Crippen LogP contribution < -0.4 is 15.4 Å². The second kappa shape index (κ2) is 6.99. The maximum atomic E-state index is 11.9. The van der Waals surface area contributed by atoms with E-state index in [2.05, 4.69) is 10.6 Å². The molecule has 19 heavy (non-hydrogen) atoms. The predicted octanol–water partition coefficient (Wildman–Crippen LogP) is 2.37. The van der Waals surface area contributed by atoms with Gasteiger partial charge in [-0.2, -0.15) is 0 Å². The number of hydrogen-bond donors (Lipinski definition) is 3. The molecule has 0 fully saturated rings. The Hall–Kier alpha value is -1.75. The Morgan fingerprint density at radius 3 is 2.79 bits per heavy atom. The molecule has 1 aromatic rings. The second-order valence-corrected chi connectivity index (χ2v) is 4.78. The van der Waals surface area contributed by atoms with Gasteiger partial charge in [0.25, 0.3) is 0 Å². The highest BCUT2D eigenvalue weighted by Crippen LogP contribution is 2.17. The van der Waals surface area contributed by atoms with Crippen molar-refractivity contribution in [2.75, 3.05) is 19.0 Å². The first-order valence-electron chi connectivity index (χ1n) is 6.37. The van der Waals surface area contributed by atoms with Gasteiger partial charge in [0, 0.05) is 11.8 Å². The quantitative estimate of drug-likeness (QED) is 0.740. The van der Waals surface area contributed by atoms with Gasteiger partial charge in [0.05, 0.1) is 19.3 Å². The summed E-state index contributed by atoms with van der Waals surface area (Å²) < 4.78 is 5.09. The fourth-order valence-corrected chi connectivity index (χ4v) is 1.87. The summed E-state index contributed by atoms with van der Waals surface area (Å²) in [6.07, 6.45) is 1.60. The summed E-state index contributed by atoms with van der Waals surface area (Å²) in [4.78, 5) is 11.9. The number of rotatable bonds is 6. The van der Waals surface area contributed by atoms with Crippen molar-refractivity contribution in [3.8, 4) is 5.75 Å². The summed E-state index contributed by atoms with van der Waals surface area (Å²) in [6.45, 7) is 3.74. The number of urea groups is 1. The van der Waals surface area contributed by atoms with Gasteiger partial charge in [-0.1, -0.05) is 19.4 Å². The van der Waals surface area contributed by atoms with E-state index in [-0.39, 0.29) is 12.6 Å². The Morgan fingerprint density at radius 2 is 2.21 bits per heavy atom. The van der Waals surface area contributed by atoms with Crippen LogP contribution in [0.2, 0.25) is 0 Å². The van der Waals surface area contributed by atoms with Crippen LogP contribution in [0.5, 0.6) is 5.75 Å². The molecule has 0 radical (unpaired) electrons. The van der Waals surface area contributed by atoms with Crippen molar-refractivity contribution in [3.63, 3.8) is 0 Å². The monoisotopic (exact) mass is 266 g/mol. The van der Waals surface area contributed by atoms with Gasteiger partial charge < -0.3 is 20.5 Å². The highest BCUT2D eigenvalue weighted by molar-refractivity contribution is 5.89. The maximum Gasteiger partial charge on any atom is 0.319 e. The molecular weight excluding hydrogens is 244 g/mol. The van der Waals surface area contributed by atoms with Crippen LogP contribution in [0, 0.1) is 0 Å². The van der Waals surface area contributed by atoms with E-state index in [1.807, 2.05) is 13.8 Å². The lowest BCUT2D eigenvalue weighted by atomic mass is 9.98. The molecule has 1 rings (SSSR count). The number of nitrogens with one attached hydrogen (secondary N) is 2. The van der Waals surface area contributed by atoms with Gasteiger partial charge in [-0.3, -0.25) is 0 Å². The summed E-state index contributed by atoms with van der Waals surface area (Å²) in [5.74, 6) is 0.677. The summed E-state index contributed by atoms with van der Waals surface area (Å²) in [7, 11) is 1.57. The SMILES string of the molecule is CCCC(C)(CO)NC(=O)Nc1cccc(OC)c1. The van der Waals surface area contributed by atoms with E-state index in [4.69, 9.17) is 4.74 Å². The standard InChI is InChI=1S/C14H22N2O3/c1-4-8-14(2,10-17)16-13(18)15-11-6-5-7-12(9-11)19-3/h5-7,9,17H,4,8,10H2,1-3H3,(H2,15,16,18). The highest BCUT2D eigenvalue weighted by atomic mass is 16.5. The van der Waals surface area contributed by atoms with E-state index in [1.54, 1.807) is 31.4 Å². The molecule has 0 aliphatic heterocycles. The second-order valence-electron chi connectivity index (χ2n) is 4.78. The molecule has 5 heteroatoms. The van der Waals surface area contributed by atoms with E-state index >= 15 is 0 Å². The first-order chi connectivity index (χ1) is 9.03. The van der Waals surface area contributed by atoms with Crippen LogP contribution in [0.1, 0.15) is 26.7 Å². The van der Waals surface area contributed by atoms with Crippen LogP contribution in [-0.2, 0) is 0 Å². The van der Waals surface area contributed by atoms with Crippen LogP contribution >= 0.6 is 0 Å². The minimum absolute atomic E-state index is 0.0909. The van der Waals surface area contributed by atoms with E-state index in [0.29, 0.717) is 11.4 Å². The van der Waals surface area contributed by atoms with Gasteiger partial charge in [-0.25, -0.2) is 4.79 Å². The molecule has 0 bridgehead atoms. The van der Waals surface area contributed by atoms with Crippen molar-refractivity contribution in [1.29, 1.82) is 0 Å². The molecular formula is C14H22N2O3. The molecule has 0 aliphatic carbocycles. The maximum absolute atomic E-state index is 11.9. The summed E-state index contributed by atoms with van der Waals surface area (Å²) in [5.41, 5.74) is 0.0474. The average Bonchev–Trinajstić information content (AvgIpc) is 2.39. The number of benzene rings is 1. The third-order valence-corrected chi connectivity index (χ3v) is 2.89. The third-order valence-electron chi connectivity index (χ3n) is 2.89. The van der Waals surface area contributed by atoms with Gasteiger partial charge in [-0.05, 0) is 25.5 Å². The zero-order chi connectivity index (χ0) is 14.3. The molecule has 0 aromatic heterocycles. The Morgan fingerprint density at radius 1 is 1.47 bits per heavy atom. The number of aliphatic hydroxyl groups excluding tert-OH is 1. The summed E-state index contributed by atoms with van der Waals surface area (Å²) >= 11 is 0. The van der Waals surface area contributed by atoms with E-state index < -0.39 is 5.54 Å². The van der Waals surface area contributed by atoms with Gasteiger partial charge in [0.2, 0.25) is 0 Å². The van der Waals surface area contributed by atoms with Crippen LogP contribution in [0.15, 0.2) is 24.3 Å². The van der Waals surface area contributed by atoms with Crippen LogP contribution in [0.4, 0.5) is 10.5 Å². The number of carbonyl (C=O) groups is 1. The largest absolute Gasteiger partial charge is 0.497 e. The number of hydrogen-bond acceptors (Lipinski definition) is 3. The highest BCUT2D eigenvalue weighted by Gasteiger charge is 2.24. The number of amides is 2. The predicted molar refractivity (Wildman–Crippen MR) is 75.5 cm³/mol. The van der Waals surface area contributed by atoms with Crippen molar-refractivity contribution < 1.29 is 14.6 Å². The number of methoxy groups -OCH3 is 1. The van der Waals surface area contributed by atoms with Crippen LogP contribution in [0.3, 0.4) is 0 Å². The van der Waals surface area contributed by atoms with Gasteiger partial charge >= 0.3 is 6.03 Å². The van der Waals surface area contributed by atoms with Crippen LogP contribution in [0.25, 0.3) is 0 Å². The molecule has 1 atom stereocenters. The zero-order valence-corrected chi connectivity index (χ0v) is 11.7. The molecule has 106 valence electrons. The van der Waals surface area contributed by atoms with Crippen LogP contribution in [-0.4, -0.2) is 30.4 Å². The molecule has 0 spiro atoms. The molecule has 3 N–H and O–H groups in total. The van der Waals surface area contributed by atoms with E-state index in [1.165, 1.54) is 0 Å². The lowest BCUT2D eigenvalue weighted by Gasteiger charge is -2.28. The van der Waals surface area contributed by atoms with Crippen molar-refractivity contribution in [2.24, 2.45) is 0 Å². The molecule has 0 aliphatic rings. The number of carbonyl (C=O) groups excluding carboxylic acids is 1. The number of aliphatic hydroxyl groups is 1. The van der Waals surface area contributed by atoms with Crippen molar-refractivity contribution in [2.45, 2.75) is 32.2 Å². The minimum atomic E-state index is -0.600. The lowest BCUT2D eigenvalue weighted by Crippen LogP contribution is -2.50. The Bertz CT molecular complexity index is 423. The fourth-order valence-electron chi connectivity index (χ4n) is 1.87. The smallest absolute Gasteiger partial charge is 0.319 e. The lowest BCUT2D eigenvalue weighted by molar-refractivity contribution is 0.167. The van der Waals surface area contributed by atoms with Crippen molar-refractivity contribution in [1.82, 2.24) is 5.32 Å². The number of anilines is 1. The van der Waals surface area contributed by atoms with Crippen molar-refractivity contribution in [3.05, 3.63) is 24.3 Å². The summed E-state index contributed by atoms with van der Waals surface area (Å²) in [5, 5.41) is 14.9. The first-order valence-corrected chi connectivity index (χ1v) is 6.37. The topological polar surface area (TPSA) is 70.6 Å². The Balaban J connectivity index is 2.63. The van der Waals surface area contributed by atoms with Gasteiger partial charge in [0.15, 0.2) is 0 Å². The van der Waals surface area contributed by atoms with E-state index in [0.717, 1.165) is 12.8 Å². The third kappa shape index (κ3) is 4.79. The van der Waals surface area contributed by atoms with Crippen molar-refractivity contribution >= 4 is 11.7 Å². The van der Waals surface area contributed by atoms with Gasteiger partial charge in [0.1, 0.15) is 5.75 Å². The molecule has 1 unspecified atom stereocenters. The molecule has 5 nitrogen and oxygen atoms in total. The number of ether oxygens (including phenoxy) is 1. The fraction of sp³-hybridized carbons (Fsp3) is 0.500. The molecule has 1 aromatic carbocycles.